The summed E-state index contributed by atoms with van der Waals surface area (Å²) in [7, 11) is 0. The van der Waals surface area contributed by atoms with E-state index in [-0.39, 0.29) is 25.0 Å². The van der Waals surface area contributed by atoms with E-state index in [0.717, 1.165) is 37.9 Å². The molecule has 9 heteroatoms. The minimum atomic E-state index is -2.33. The van der Waals surface area contributed by atoms with E-state index in [1.165, 1.54) is 12.3 Å². The summed E-state index contributed by atoms with van der Waals surface area (Å²) >= 11 is 0. The van der Waals surface area contributed by atoms with Crippen molar-refractivity contribution in [3.05, 3.63) is 48.2 Å². The Labute approximate surface area is 180 Å². The first-order valence-electron chi connectivity index (χ1n) is 10.3. The van der Waals surface area contributed by atoms with Crippen LogP contribution in [0.1, 0.15) is 38.3 Å². The summed E-state index contributed by atoms with van der Waals surface area (Å²) in [4.78, 5) is 19.7. The third-order valence-corrected chi connectivity index (χ3v) is 5.60. The Hall–Kier alpha value is -2.78. The number of aliphatic hydroxyl groups is 1. The average molecular weight is 433 g/mol. The molecule has 0 amide bonds. The van der Waals surface area contributed by atoms with Crippen molar-refractivity contribution in [1.29, 1.82) is 0 Å². The van der Waals surface area contributed by atoms with Gasteiger partial charge in [-0.25, -0.2) is 14.2 Å². The van der Waals surface area contributed by atoms with Crippen LogP contribution < -0.4 is 15.2 Å². The molecule has 0 aromatic carbocycles. The fourth-order valence-corrected chi connectivity index (χ4v) is 3.57. The number of aromatic nitrogens is 2. The molecule has 168 valence electrons. The molecule has 0 unspecified atom stereocenters. The largest absolute Gasteiger partial charge is 0.490 e. The molecule has 0 bridgehead atoms. The number of carboxylic acid groups (broad SMARTS) is 1. The molecule has 1 saturated carbocycles. The van der Waals surface area contributed by atoms with Crippen LogP contribution in [0, 0.1) is 11.7 Å². The molecule has 3 rings (SSSR count). The van der Waals surface area contributed by atoms with Crippen LogP contribution in [0.15, 0.2) is 36.7 Å². The Morgan fingerprint density at radius 3 is 2.68 bits per heavy atom. The van der Waals surface area contributed by atoms with Crippen molar-refractivity contribution >= 4 is 5.97 Å². The van der Waals surface area contributed by atoms with Crippen molar-refractivity contribution in [2.75, 3.05) is 6.61 Å². The van der Waals surface area contributed by atoms with Crippen LogP contribution in [-0.4, -0.2) is 50.5 Å². The minimum Gasteiger partial charge on any atom is -0.490 e. The fraction of sp³-hybridized carbons (Fsp3) is 0.500. The number of nitrogens with two attached hydrogens (primary N) is 1. The molecule has 1 aliphatic rings. The highest BCUT2D eigenvalue weighted by molar-refractivity contribution is 5.78. The second-order valence-corrected chi connectivity index (χ2v) is 8.12. The maximum absolute atomic E-state index is 12.9. The number of halogens is 1. The molecule has 0 spiro atoms. The van der Waals surface area contributed by atoms with Gasteiger partial charge in [-0.3, -0.25) is 4.98 Å². The number of carbonyl (C=O) groups is 1. The van der Waals surface area contributed by atoms with E-state index >= 15 is 0 Å². The van der Waals surface area contributed by atoms with Gasteiger partial charge < -0.3 is 25.4 Å². The first-order chi connectivity index (χ1) is 14.8. The zero-order valence-electron chi connectivity index (χ0n) is 17.4. The van der Waals surface area contributed by atoms with Crippen LogP contribution in [0.25, 0.3) is 0 Å². The average Bonchev–Trinajstić information content (AvgIpc) is 2.75. The third kappa shape index (κ3) is 6.11. The first kappa shape index (κ1) is 22.9. The smallest absolute Gasteiger partial charge is 0.337 e. The number of pyridine rings is 2. The van der Waals surface area contributed by atoms with Gasteiger partial charge in [0.2, 0.25) is 5.88 Å². The maximum Gasteiger partial charge on any atom is 0.337 e. The molecule has 2 heterocycles. The second kappa shape index (κ2) is 10.0. The van der Waals surface area contributed by atoms with E-state index in [4.69, 9.17) is 15.2 Å². The molecule has 2 atom stereocenters. The van der Waals surface area contributed by atoms with Gasteiger partial charge in [0, 0.05) is 30.4 Å². The molecule has 2 aromatic rings. The lowest BCUT2D eigenvalue weighted by atomic mass is 9.89. The molecular formula is C22H28FN3O5. The lowest BCUT2D eigenvalue weighted by molar-refractivity contribution is -0.161. The zero-order chi connectivity index (χ0) is 22.4. The summed E-state index contributed by atoms with van der Waals surface area (Å²) in [5.41, 5.74) is 3.97. The summed E-state index contributed by atoms with van der Waals surface area (Å²) < 4.78 is 24.3. The van der Waals surface area contributed by atoms with Crippen molar-refractivity contribution in [2.45, 2.75) is 56.8 Å². The third-order valence-electron chi connectivity index (χ3n) is 5.60. The lowest BCUT2D eigenvalue weighted by Gasteiger charge is -2.30. The van der Waals surface area contributed by atoms with Crippen LogP contribution >= 0.6 is 0 Å². The molecule has 0 radical (unpaired) electrons. The van der Waals surface area contributed by atoms with Crippen LogP contribution in [0.3, 0.4) is 0 Å². The zero-order valence-corrected chi connectivity index (χ0v) is 17.4. The molecule has 0 saturated heterocycles. The molecule has 1 fully saturated rings. The topological polar surface area (TPSA) is 128 Å². The highest BCUT2D eigenvalue weighted by Crippen LogP contribution is 2.28. The molecular weight excluding hydrogens is 405 g/mol. The van der Waals surface area contributed by atoms with Gasteiger partial charge >= 0.3 is 5.97 Å². The minimum absolute atomic E-state index is 0.0694. The Balaban J connectivity index is 1.65. The Morgan fingerprint density at radius 1 is 1.29 bits per heavy atom. The summed E-state index contributed by atoms with van der Waals surface area (Å²) in [5.74, 6) is -0.676. The highest BCUT2D eigenvalue weighted by Gasteiger charge is 2.43. The van der Waals surface area contributed by atoms with Gasteiger partial charge in [0.1, 0.15) is 18.2 Å². The van der Waals surface area contributed by atoms with E-state index < -0.39 is 23.4 Å². The standard InChI is InChI=1S/C22H28FN3O5/c1-14-2-5-17(6-3-14)31-18-8-9-25-16(10-18)11-22(29,21(27)28)19(24)13-30-20-7-4-15(23)12-26-20/h4,7-10,12,14,17,19,29H,2-3,5-6,11,13,24H2,1H3,(H,27,28)/t14-,17-,19-,22+/m0/s1. The number of hydrogen-bond acceptors (Lipinski definition) is 7. The van der Waals surface area contributed by atoms with Crippen molar-refractivity contribution < 1.29 is 28.9 Å². The van der Waals surface area contributed by atoms with Gasteiger partial charge in [-0.2, -0.15) is 0 Å². The molecule has 1 aliphatic carbocycles. The number of carboxylic acids is 1. The summed E-state index contributed by atoms with van der Waals surface area (Å²) in [6, 6.07) is 4.49. The van der Waals surface area contributed by atoms with E-state index in [9.17, 15) is 19.4 Å². The Morgan fingerprint density at radius 2 is 2.03 bits per heavy atom. The summed E-state index contributed by atoms with van der Waals surface area (Å²) in [6.07, 6.45) is 6.43. The van der Waals surface area contributed by atoms with E-state index in [0.29, 0.717) is 17.4 Å². The summed E-state index contributed by atoms with van der Waals surface area (Å²) in [5, 5.41) is 20.5. The van der Waals surface area contributed by atoms with Crippen molar-refractivity contribution in [3.63, 3.8) is 0 Å². The van der Waals surface area contributed by atoms with E-state index in [2.05, 4.69) is 16.9 Å². The monoisotopic (exact) mass is 433 g/mol. The summed E-state index contributed by atoms with van der Waals surface area (Å²) in [6.45, 7) is 1.89. The molecule has 4 N–H and O–H groups in total. The van der Waals surface area contributed by atoms with Crippen LogP contribution in [0.5, 0.6) is 11.6 Å². The normalized spacial score (nSPS) is 21.7. The number of ether oxygens (including phenoxy) is 2. The number of hydrogen-bond donors (Lipinski definition) is 3. The highest BCUT2D eigenvalue weighted by atomic mass is 19.1. The van der Waals surface area contributed by atoms with Gasteiger partial charge in [-0.1, -0.05) is 6.92 Å². The first-order valence-corrected chi connectivity index (χ1v) is 10.3. The van der Waals surface area contributed by atoms with Crippen molar-refractivity contribution in [1.82, 2.24) is 9.97 Å². The van der Waals surface area contributed by atoms with Crippen molar-refractivity contribution in [3.8, 4) is 11.6 Å². The van der Waals surface area contributed by atoms with Crippen LogP contribution in [0.2, 0.25) is 0 Å². The van der Waals surface area contributed by atoms with Crippen LogP contribution in [0.4, 0.5) is 4.39 Å². The Bertz CT molecular complexity index is 874. The fourth-order valence-electron chi connectivity index (χ4n) is 3.57. The molecule has 0 aliphatic heterocycles. The molecule has 2 aromatic heterocycles. The molecule has 8 nitrogen and oxygen atoms in total. The molecule has 31 heavy (non-hydrogen) atoms. The van der Waals surface area contributed by atoms with E-state index in [1.54, 1.807) is 12.1 Å². The maximum atomic E-state index is 12.9. The Kier molecular flexibility index (Phi) is 7.40. The van der Waals surface area contributed by atoms with Gasteiger partial charge in [-0.05, 0) is 43.7 Å². The number of rotatable bonds is 9. The van der Waals surface area contributed by atoms with Gasteiger partial charge in [0.25, 0.3) is 0 Å². The number of nitrogens with zero attached hydrogens (tertiary/aromatic N) is 2. The van der Waals surface area contributed by atoms with Crippen LogP contribution in [-0.2, 0) is 11.2 Å². The van der Waals surface area contributed by atoms with E-state index in [1.807, 2.05) is 0 Å². The van der Waals surface area contributed by atoms with Gasteiger partial charge in [-0.15, -0.1) is 0 Å². The number of aliphatic carboxylic acids is 1. The SMILES string of the molecule is C[C@H]1CC[C@H](Oc2ccnc(C[C@](O)(C(=O)O)[C@@H](N)COc3ccc(F)cn3)c2)CC1. The predicted molar refractivity (Wildman–Crippen MR) is 110 cm³/mol. The lowest BCUT2D eigenvalue weighted by Crippen LogP contribution is -2.58. The predicted octanol–water partition coefficient (Wildman–Crippen LogP) is 2.34. The van der Waals surface area contributed by atoms with Gasteiger partial charge in [0.05, 0.1) is 18.3 Å². The second-order valence-electron chi connectivity index (χ2n) is 8.12. The quantitative estimate of drug-likeness (QED) is 0.550. The van der Waals surface area contributed by atoms with Crippen molar-refractivity contribution in [2.24, 2.45) is 11.7 Å². The van der Waals surface area contributed by atoms with Gasteiger partial charge in [0.15, 0.2) is 5.60 Å².